The van der Waals surface area contributed by atoms with Crippen molar-refractivity contribution < 1.29 is 22.3 Å². The van der Waals surface area contributed by atoms with Gasteiger partial charge >= 0.3 is 0 Å². The molecule has 2 aromatic rings. The summed E-state index contributed by atoms with van der Waals surface area (Å²) in [5.74, 6) is -0.0731. The molecule has 0 unspecified atom stereocenters. The zero-order chi connectivity index (χ0) is 21.4. The molecule has 0 radical (unpaired) electrons. The Morgan fingerprint density at radius 1 is 1.14 bits per heavy atom. The fourth-order valence-electron chi connectivity index (χ4n) is 2.49. The predicted molar refractivity (Wildman–Crippen MR) is 113 cm³/mol. The number of nitrogens with one attached hydrogen (secondary N) is 1. The fourth-order valence-corrected chi connectivity index (χ4v) is 3.74. The lowest BCUT2D eigenvalue weighted by Crippen LogP contribution is -2.32. The normalized spacial score (nSPS) is 11.2. The van der Waals surface area contributed by atoms with Crippen LogP contribution in [0.25, 0.3) is 0 Å². The molecular weight excluding hydrogens is 442 g/mol. The molecule has 0 saturated heterocycles. The first-order valence-electron chi connectivity index (χ1n) is 8.74. The van der Waals surface area contributed by atoms with Crippen molar-refractivity contribution in [3.63, 3.8) is 0 Å². The summed E-state index contributed by atoms with van der Waals surface area (Å²) in [6.45, 7) is 0.630. The van der Waals surface area contributed by atoms with Crippen molar-refractivity contribution in [2.24, 2.45) is 0 Å². The molecule has 1 N–H and O–H groups in total. The number of carbonyl (C=O) groups is 1. The molecule has 0 heterocycles. The van der Waals surface area contributed by atoms with Crippen molar-refractivity contribution >= 4 is 44.8 Å². The van der Waals surface area contributed by atoms with Crippen LogP contribution in [0.2, 0.25) is 10.0 Å². The van der Waals surface area contributed by atoms with E-state index in [4.69, 9.17) is 27.9 Å². The summed E-state index contributed by atoms with van der Waals surface area (Å²) < 4.78 is 43.5. The molecule has 0 aliphatic rings. The van der Waals surface area contributed by atoms with Crippen molar-refractivity contribution in [1.29, 1.82) is 0 Å². The van der Waals surface area contributed by atoms with Crippen molar-refractivity contribution in [1.82, 2.24) is 5.32 Å². The van der Waals surface area contributed by atoms with Crippen LogP contribution < -0.4 is 14.4 Å². The summed E-state index contributed by atoms with van der Waals surface area (Å²) in [6, 6.07) is 10.1. The number of carbonyl (C=O) groups excluding carboxylic acids is 1. The van der Waals surface area contributed by atoms with Gasteiger partial charge in [0, 0.05) is 13.0 Å². The van der Waals surface area contributed by atoms with Gasteiger partial charge < -0.3 is 10.1 Å². The van der Waals surface area contributed by atoms with Crippen LogP contribution in [0.15, 0.2) is 42.5 Å². The number of ether oxygens (including phenoxy) is 1. The van der Waals surface area contributed by atoms with Gasteiger partial charge in [-0.05, 0) is 48.9 Å². The summed E-state index contributed by atoms with van der Waals surface area (Å²) >= 11 is 11.8. The van der Waals surface area contributed by atoms with Gasteiger partial charge in [0.05, 0.1) is 28.5 Å². The molecule has 2 rings (SSSR count). The van der Waals surface area contributed by atoms with E-state index in [9.17, 15) is 17.6 Å². The molecule has 6 nitrogen and oxygen atoms in total. The van der Waals surface area contributed by atoms with Gasteiger partial charge in [0.15, 0.2) is 0 Å². The van der Waals surface area contributed by atoms with Crippen LogP contribution in [0.5, 0.6) is 5.75 Å². The highest BCUT2D eigenvalue weighted by atomic mass is 35.5. The Kier molecular flexibility index (Phi) is 8.55. The van der Waals surface area contributed by atoms with Gasteiger partial charge in [-0.25, -0.2) is 12.8 Å². The molecule has 0 atom stereocenters. The number of hydrogen-bond donors (Lipinski definition) is 1. The molecule has 0 saturated carbocycles. The van der Waals surface area contributed by atoms with Gasteiger partial charge in [0.25, 0.3) is 0 Å². The number of benzene rings is 2. The Balaban J connectivity index is 1.77. The maximum atomic E-state index is 12.8. The largest absolute Gasteiger partial charge is 0.492 e. The van der Waals surface area contributed by atoms with Crippen LogP contribution in [0.3, 0.4) is 0 Å². The van der Waals surface area contributed by atoms with Gasteiger partial charge in [-0.1, -0.05) is 23.2 Å². The minimum Gasteiger partial charge on any atom is -0.492 e. The Labute approximate surface area is 179 Å². The second-order valence-electron chi connectivity index (χ2n) is 6.19. The molecule has 0 bridgehead atoms. The number of halogens is 3. The lowest BCUT2D eigenvalue weighted by molar-refractivity contribution is -0.121. The average molecular weight is 463 g/mol. The van der Waals surface area contributed by atoms with E-state index in [1.807, 2.05) is 0 Å². The molecule has 0 spiro atoms. The molecule has 29 heavy (non-hydrogen) atoms. The smallest absolute Gasteiger partial charge is 0.232 e. The van der Waals surface area contributed by atoms with Crippen LogP contribution in [-0.4, -0.2) is 40.3 Å². The summed E-state index contributed by atoms with van der Waals surface area (Å²) in [7, 11) is -3.55. The third-order valence-corrected chi connectivity index (χ3v) is 5.80. The van der Waals surface area contributed by atoms with E-state index >= 15 is 0 Å². The van der Waals surface area contributed by atoms with E-state index in [1.54, 1.807) is 6.07 Å². The van der Waals surface area contributed by atoms with E-state index < -0.39 is 10.0 Å². The minimum absolute atomic E-state index is 0.121. The Bertz CT molecular complexity index is 940. The third-order valence-electron chi connectivity index (χ3n) is 3.86. The van der Waals surface area contributed by atoms with Gasteiger partial charge in [-0.3, -0.25) is 9.10 Å². The summed E-state index contributed by atoms with van der Waals surface area (Å²) in [4.78, 5) is 11.9. The Hall–Kier alpha value is -2.03. The second kappa shape index (κ2) is 10.7. The number of anilines is 1. The summed E-state index contributed by atoms with van der Waals surface area (Å²) in [5, 5.41) is 3.26. The molecular formula is C19H21Cl2FN2O4S. The maximum absolute atomic E-state index is 12.8. The fraction of sp³-hybridized carbons (Fsp3) is 0.316. The monoisotopic (exact) mass is 462 g/mol. The maximum Gasteiger partial charge on any atom is 0.232 e. The summed E-state index contributed by atoms with van der Waals surface area (Å²) in [6.07, 6.45) is 1.55. The third kappa shape index (κ3) is 7.72. The Morgan fingerprint density at radius 2 is 1.83 bits per heavy atom. The molecule has 0 fully saturated rings. The van der Waals surface area contributed by atoms with Crippen LogP contribution in [0, 0.1) is 5.82 Å². The zero-order valence-electron chi connectivity index (χ0n) is 15.7. The number of sulfonamides is 1. The van der Waals surface area contributed by atoms with Crippen molar-refractivity contribution in [2.45, 2.75) is 12.8 Å². The predicted octanol–water partition coefficient (Wildman–Crippen LogP) is 3.87. The number of rotatable bonds is 10. The van der Waals surface area contributed by atoms with Crippen LogP contribution in [0.4, 0.5) is 10.1 Å². The van der Waals surface area contributed by atoms with Gasteiger partial charge in [-0.15, -0.1) is 0 Å². The number of amides is 1. The molecule has 158 valence electrons. The zero-order valence-corrected chi connectivity index (χ0v) is 18.0. The first-order chi connectivity index (χ1) is 13.7. The first kappa shape index (κ1) is 23.3. The minimum atomic E-state index is -3.55. The van der Waals surface area contributed by atoms with E-state index in [1.165, 1.54) is 40.7 Å². The molecule has 0 aliphatic carbocycles. The molecule has 0 aromatic heterocycles. The van der Waals surface area contributed by atoms with Gasteiger partial charge in [0.2, 0.25) is 15.9 Å². The number of hydrogen-bond acceptors (Lipinski definition) is 4. The SMILES string of the molecule is CS(=O)(=O)N(CCCC(=O)NCCOc1ccc(F)cc1)c1ccc(Cl)c(Cl)c1. The lowest BCUT2D eigenvalue weighted by atomic mass is 10.2. The van der Waals surface area contributed by atoms with Crippen LogP contribution in [0.1, 0.15) is 12.8 Å². The highest BCUT2D eigenvalue weighted by Crippen LogP contribution is 2.28. The highest BCUT2D eigenvalue weighted by Gasteiger charge is 2.18. The van der Waals surface area contributed by atoms with Gasteiger partial charge in [-0.2, -0.15) is 0 Å². The van der Waals surface area contributed by atoms with Crippen LogP contribution >= 0.6 is 23.2 Å². The summed E-state index contributed by atoms with van der Waals surface area (Å²) in [5.41, 5.74) is 0.384. The molecule has 0 aliphatic heterocycles. The standard InChI is InChI=1S/C19H21Cl2FN2O4S/c1-29(26,27)24(15-6-9-17(20)18(21)13-15)11-2-3-19(25)23-10-12-28-16-7-4-14(22)5-8-16/h4-9,13H,2-3,10-12H2,1H3,(H,23,25). The van der Waals surface area contributed by atoms with Gasteiger partial charge in [0.1, 0.15) is 18.2 Å². The van der Waals surface area contributed by atoms with E-state index in [0.29, 0.717) is 22.9 Å². The van der Waals surface area contributed by atoms with Crippen molar-refractivity contribution in [3.05, 3.63) is 58.3 Å². The average Bonchev–Trinajstić information content (AvgIpc) is 2.65. The van der Waals surface area contributed by atoms with Crippen molar-refractivity contribution in [3.8, 4) is 5.75 Å². The number of nitrogens with zero attached hydrogens (tertiary/aromatic N) is 1. The van der Waals surface area contributed by atoms with Crippen molar-refractivity contribution in [2.75, 3.05) is 30.3 Å². The van der Waals surface area contributed by atoms with E-state index in [2.05, 4.69) is 5.32 Å². The quantitative estimate of drug-likeness (QED) is 0.543. The lowest BCUT2D eigenvalue weighted by Gasteiger charge is -2.22. The van der Waals surface area contributed by atoms with Crippen LogP contribution in [-0.2, 0) is 14.8 Å². The second-order valence-corrected chi connectivity index (χ2v) is 8.91. The molecule has 10 heteroatoms. The first-order valence-corrected chi connectivity index (χ1v) is 11.3. The van der Waals surface area contributed by atoms with E-state index in [-0.39, 0.29) is 42.9 Å². The highest BCUT2D eigenvalue weighted by molar-refractivity contribution is 7.92. The topological polar surface area (TPSA) is 75.7 Å². The molecule has 1 amide bonds. The molecule has 2 aromatic carbocycles. The van der Waals surface area contributed by atoms with E-state index in [0.717, 1.165) is 6.26 Å². The Morgan fingerprint density at radius 3 is 2.45 bits per heavy atom.